The summed E-state index contributed by atoms with van der Waals surface area (Å²) in [6, 6.07) is 1.05. The number of rotatable bonds is 2. The summed E-state index contributed by atoms with van der Waals surface area (Å²) in [6.07, 6.45) is 0.466. The first-order valence-corrected chi connectivity index (χ1v) is 5.85. The van der Waals surface area contributed by atoms with E-state index in [2.05, 4.69) is 34.1 Å². The second-order valence-electron chi connectivity index (χ2n) is 4.13. The van der Waals surface area contributed by atoms with E-state index < -0.39 is 11.7 Å². The highest BCUT2D eigenvalue weighted by molar-refractivity contribution is 5.76. The average Bonchev–Trinajstić information content (AvgIpc) is 2.88. The first-order chi connectivity index (χ1) is 9.81. The van der Waals surface area contributed by atoms with Gasteiger partial charge < -0.3 is 5.73 Å². The second kappa shape index (κ2) is 6.74. The molecule has 0 spiro atoms. The predicted molar refractivity (Wildman–Crippen MR) is 75.9 cm³/mol. The van der Waals surface area contributed by atoms with Crippen LogP contribution in [0.5, 0.6) is 0 Å². The Morgan fingerprint density at radius 3 is 2.48 bits per heavy atom. The molecular weight excluding hydrogens is 281 g/mol. The van der Waals surface area contributed by atoms with Gasteiger partial charge >= 0.3 is 6.18 Å². The molecule has 7 heteroatoms. The van der Waals surface area contributed by atoms with Crippen molar-refractivity contribution < 1.29 is 13.2 Å². The third kappa shape index (κ3) is 4.20. The highest BCUT2D eigenvalue weighted by atomic mass is 19.4. The van der Waals surface area contributed by atoms with Gasteiger partial charge in [-0.1, -0.05) is 13.2 Å². The Hall–Kier alpha value is -2.57. The number of nitrogens with zero attached hydrogens (tertiary/aromatic N) is 2. The molecule has 0 aliphatic carbocycles. The molecule has 0 aliphatic rings. The van der Waals surface area contributed by atoms with Crippen LogP contribution in [0.1, 0.15) is 18.2 Å². The molecule has 0 atom stereocenters. The molecule has 0 saturated carbocycles. The van der Waals surface area contributed by atoms with Gasteiger partial charge in [0.15, 0.2) is 0 Å². The summed E-state index contributed by atoms with van der Waals surface area (Å²) >= 11 is 0. The maximum absolute atomic E-state index is 12.6. The maximum Gasteiger partial charge on any atom is 0.417 e. The van der Waals surface area contributed by atoms with Crippen molar-refractivity contribution in [1.29, 1.82) is 0 Å². The fraction of sp³-hybridized carbons (Fsp3) is 0.143. The van der Waals surface area contributed by atoms with Crippen LogP contribution in [0, 0.1) is 0 Å². The normalized spacial score (nSPS) is 10.5. The number of alkyl halides is 3. The molecule has 112 valence electrons. The van der Waals surface area contributed by atoms with Crippen LogP contribution < -0.4 is 5.73 Å². The number of allylic oxidation sites excluding steroid dienone is 1. The molecule has 0 radical (unpaired) electrons. The molecule has 2 aromatic rings. The summed E-state index contributed by atoms with van der Waals surface area (Å²) in [4.78, 5) is 3.62. The number of pyridine rings is 1. The zero-order chi connectivity index (χ0) is 16.0. The van der Waals surface area contributed by atoms with Crippen LogP contribution in [0.4, 0.5) is 13.2 Å². The Labute approximate surface area is 120 Å². The minimum absolute atomic E-state index is 0.358. The van der Waals surface area contributed by atoms with E-state index in [-0.39, 0.29) is 0 Å². The number of H-pyrrole nitrogens is 1. The first kappa shape index (κ1) is 16.5. The van der Waals surface area contributed by atoms with E-state index in [1.807, 2.05) is 0 Å². The molecule has 0 aliphatic heterocycles. The fourth-order valence-corrected chi connectivity index (χ4v) is 1.57. The Morgan fingerprint density at radius 2 is 1.95 bits per heavy atom. The largest absolute Gasteiger partial charge is 0.417 e. The molecule has 21 heavy (non-hydrogen) atoms. The van der Waals surface area contributed by atoms with Gasteiger partial charge in [0, 0.05) is 23.5 Å². The third-order valence-electron chi connectivity index (χ3n) is 2.44. The lowest BCUT2D eigenvalue weighted by Crippen LogP contribution is -2.05. The monoisotopic (exact) mass is 296 g/mol. The van der Waals surface area contributed by atoms with Gasteiger partial charge in [-0.05, 0) is 24.8 Å². The van der Waals surface area contributed by atoms with Crippen molar-refractivity contribution in [2.45, 2.75) is 13.1 Å². The Morgan fingerprint density at radius 1 is 1.33 bits per heavy atom. The SMILES string of the molecule is C=C(C)c1[nH]ncc1-c1cncc(C(F)(F)F)c1.C=CN. The van der Waals surface area contributed by atoms with Crippen molar-refractivity contribution in [1.82, 2.24) is 15.2 Å². The van der Waals surface area contributed by atoms with E-state index in [0.29, 0.717) is 22.4 Å². The lowest BCUT2D eigenvalue weighted by atomic mass is 10.0. The third-order valence-corrected chi connectivity index (χ3v) is 2.44. The average molecular weight is 296 g/mol. The lowest BCUT2D eigenvalue weighted by Gasteiger charge is -2.08. The van der Waals surface area contributed by atoms with E-state index in [0.717, 1.165) is 12.3 Å². The van der Waals surface area contributed by atoms with Crippen LogP contribution in [0.15, 0.2) is 44.0 Å². The molecule has 4 nitrogen and oxygen atoms in total. The number of hydrogen-bond donors (Lipinski definition) is 2. The topological polar surface area (TPSA) is 67.6 Å². The zero-order valence-corrected chi connectivity index (χ0v) is 11.4. The first-order valence-electron chi connectivity index (χ1n) is 5.85. The standard InChI is InChI=1S/C12H10F3N3.C2H5N/c1-7(2)11-10(6-17-18-11)8-3-9(5-16-4-8)12(13,14)15;1-2-3/h3-6H,1H2,2H3,(H,17,18);2H,1,3H2. The zero-order valence-electron chi connectivity index (χ0n) is 11.4. The van der Waals surface area contributed by atoms with Gasteiger partial charge in [-0.2, -0.15) is 18.3 Å². The number of nitrogens with two attached hydrogens (primary N) is 1. The van der Waals surface area contributed by atoms with Gasteiger partial charge in [0.2, 0.25) is 0 Å². The van der Waals surface area contributed by atoms with Crippen LogP contribution in [0.2, 0.25) is 0 Å². The van der Waals surface area contributed by atoms with Crippen molar-refractivity contribution in [2.75, 3.05) is 0 Å². The van der Waals surface area contributed by atoms with E-state index in [9.17, 15) is 13.2 Å². The Bertz CT molecular complexity index is 629. The van der Waals surface area contributed by atoms with Crippen molar-refractivity contribution >= 4 is 5.57 Å². The summed E-state index contributed by atoms with van der Waals surface area (Å²) < 4.78 is 37.8. The molecule has 0 aromatic carbocycles. The number of aromatic amines is 1. The Kier molecular flexibility index (Phi) is 5.29. The van der Waals surface area contributed by atoms with Crippen LogP contribution in [-0.2, 0) is 6.18 Å². The highest BCUT2D eigenvalue weighted by Crippen LogP contribution is 2.32. The molecule has 0 fully saturated rings. The van der Waals surface area contributed by atoms with Crippen molar-refractivity contribution in [2.24, 2.45) is 5.73 Å². The maximum atomic E-state index is 12.6. The smallest absolute Gasteiger partial charge is 0.405 e. The molecule has 0 unspecified atom stereocenters. The molecule has 2 rings (SSSR count). The minimum Gasteiger partial charge on any atom is -0.405 e. The number of hydrogen-bond acceptors (Lipinski definition) is 3. The van der Waals surface area contributed by atoms with E-state index in [4.69, 9.17) is 0 Å². The second-order valence-corrected chi connectivity index (χ2v) is 4.13. The summed E-state index contributed by atoms with van der Waals surface area (Å²) in [6.45, 7) is 8.63. The molecule has 2 aromatic heterocycles. The van der Waals surface area contributed by atoms with Crippen LogP contribution >= 0.6 is 0 Å². The van der Waals surface area contributed by atoms with E-state index in [1.54, 1.807) is 6.92 Å². The molecule has 2 heterocycles. The predicted octanol–water partition coefficient (Wildman–Crippen LogP) is 3.61. The van der Waals surface area contributed by atoms with Crippen LogP contribution in [0.3, 0.4) is 0 Å². The fourth-order valence-electron chi connectivity index (χ4n) is 1.57. The van der Waals surface area contributed by atoms with Gasteiger partial charge in [0.05, 0.1) is 17.5 Å². The van der Waals surface area contributed by atoms with Gasteiger partial charge in [-0.15, -0.1) is 0 Å². The van der Waals surface area contributed by atoms with Gasteiger partial charge in [-0.25, -0.2) is 0 Å². The summed E-state index contributed by atoms with van der Waals surface area (Å²) in [7, 11) is 0. The summed E-state index contributed by atoms with van der Waals surface area (Å²) in [5.41, 5.74) is 6.04. The summed E-state index contributed by atoms with van der Waals surface area (Å²) in [5.74, 6) is 0. The molecule has 0 bridgehead atoms. The van der Waals surface area contributed by atoms with Crippen LogP contribution in [-0.4, -0.2) is 15.2 Å². The number of halogens is 3. The number of aromatic nitrogens is 3. The summed E-state index contributed by atoms with van der Waals surface area (Å²) in [5, 5.41) is 6.52. The molecule has 3 N–H and O–H groups in total. The molecule has 0 saturated heterocycles. The van der Waals surface area contributed by atoms with E-state index in [1.165, 1.54) is 18.6 Å². The Balaban J connectivity index is 0.000000677. The quantitative estimate of drug-likeness (QED) is 0.889. The number of nitrogens with one attached hydrogen (secondary N) is 1. The molecular formula is C14H15F3N4. The highest BCUT2D eigenvalue weighted by Gasteiger charge is 2.31. The van der Waals surface area contributed by atoms with E-state index >= 15 is 0 Å². The lowest BCUT2D eigenvalue weighted by molar-refractivity contribution is -0.137. The van der Waals surface area contributed by atoms with Gasteiger partial charge in [0.25, 0.3) is 0 Å². The van der Waals surface area contributed by atoms with Crippen molar-refractivity contribution in [3.8, 4) is 11.1 Å². The van der Waals surface area contributed by atoms with Crippen molar-refractivity contribution in [3.05, 3.63) is 55.3 Å². The van der Waals surface area contributed by atoms with Gasteiger partial charge in [-0.3, -0.25) is 10.1 Å². The van der Waals surface area contributed by atoms with Gasteiger partial charge in [0.1, 0.15) is 0 Å². The minimum atomic E-state index is -4.41. The molecule has 0 amide bonds. The van der Waals surface area contributed by atoms with Crippen LogP contribution in [0.25, 0.3) is 16.7 Å². The van der Waals surface area contributed by atoms with Crippen molar-refractivity contribution in [3.63, 3.8) is 0 Å².